The summed E-state index contributed by atoms with van der Waals surface area (Å²) in [5.41, 5.74) is 14.7. The molecule has 2 aromatic rings. The summed E-state index contributed by atoms with van der Waals surface area (Å²) in [7, 11) is 0. The fraction of sp³-hybridized carbons (Fsp3) is 0.471. The largest absolute Gasteiger partial charge is 0.488 e. The van der Waals surface area contributed by atoms with Crippen LogP contribution in [0.4, 0.5) is 5.69 Å². The first kappa shape index (κ1) is 44.6. The van der Waals surface area contributed by atoms with Gasteiger partial charge in [-0.1, -0.05) is 44.2 Å². The molecule has 0 saturated heterocycles. The van der Waals surface area contributed by atoms with E-state index < -0.39 is 102 Å². The maximum Gasteiger partial charge on any atom is 0.305 e. The maximum absolute atomic E-state index is 13.7. The van der Waals surface area contributed by atoms with Gasteiger partial charge in [-0.05, 0) is 31.2 Å². The van der Waals surface area contributed by atoms with Crippen LogP contribution < -0.4 is 64.7 Å². The average Bonchev–Trinajstić information content (AvgIpc) is 3.12. The van der Waals surface area contributed by atoms with Crippen LogP contribution in [0.3, 0.4) is 0 Å². The first-order valence-electron chi connectivity index (χ1n) is 17.2. The Morgan fingerprint density at radius 1 is 0.800 bits per heavy atom. The number of anilines is 1. The monoisotopic (exact) mass is 772 g/mol. The molecule has 0 fully saturated rings. The van der Waals surface area contributed by atoms with Crippen LogP contribution in [-0.2, 0) is 40.0 Å². The highest BCUT2D eigenvalue weighted by atomic mass is 16.5. The summed E-state index contributed by atoms with van der Waals surface area (Å²) in [6.45, 7) is 3.87. The summed E-state index contributed by atoms with van der Waals surface area (Å²) >= 11 is 0. The topological polar surface area (TPSA) is 346 Å². The van der Waals surface area contributed by atoms with Crippen molar-refractivity contribution in [2.24, 2.45) is 28.1 Å². The second-order valence-corrected chi connectivity index (χ2v) is 12.5. The first-order chi connectivity index (χ1) is 25.9. The second-order valence-electron chi connectivity index (χ2n) is 12.5. The summed E-state index contributed by atoms with van der Waals surface area (Å²) in [4.78, 5) is 116. The van der Waals surface area contributed by atoms with Gasteiger partial charge in [0.15, 0.2) is 11.7 Å². The van der Waals surface area contributed by atoms with Gasteiger partial charge in [-0.15, -0.1) is 0 Å². The van der Waals surface area contributed by atoms with Crippen LogP contribution in [-0.4, -0.2) is 103 Å². The Balaban J connectivity index is 2.21. The van der Waals surface area contributed by atoms with Gasteiger partial charge in [0, 0.05) is 13.0 Å². The van der Waals surface area contributed by atoms with E-state index in [0.717, 1.165) is 0 Å². The molecule has 300 valence electrons. The van der Waals surface area contributed by atoms with Crippen molar-refractivity contribution in [2.75, 3.05) is 31.6 Å². The molecule has 0 aromatic heterocycles. The number of nitrogens with zero attached hydrogens (tertiary/aromatic N) is 1. The van der Waals surface area contributed by atoms with Crippen molar-refractivity contribution >= 4 is 53.1 Å². The Kier molecular flexibility index (Phi) is 17.7. The zero-order valence-electron chi connectivity index (χ0n) is 30.6. The minimum Gasteiger partial charge on any atom is -0.488 e. The fourth-order valence-corrected chi connectivity index (χ4v) is 5.04. The predicted octanol–water partition coefficient (Wildman–Crippen LogP) is -3.94. The number of amides is 6. The quantitative estimate of drug-likeness (QED) is 0.0211. The molecule has 13 N–H and O–H groups in total. The number of hydrogen-bond acceptors (Lipinski definition) is 12. The molecule has 21 heteroatoms. The molecule has 2 unspecified atom stereocenters. The third kappa shape index (κ3) is 14.8. The van der Waals surface area contributed by atoms with Crippen LogP contribution in [0, 0.1) is 5.92 Å². The number of aliphatic imine (C=N–C) groups is 1. The summed E-state index contributed by atoms with van der Waals surface area (Å²) in [6, 6.07) is 3.36. The third-order valence-electron chi connectivity index (χ3n) is 7.82. The zero-order valence-corrected chi connectivity index (χ0v) is 30.6. The number of hydrogen-bond donors (Lipinski definition) is 10. The van der Waals surface area contributed by atoms with E-state index in [4.69, 9.17) is 27.0 Å². The van der Waals surface area contributed by atoms with Gasteiger partial charge in [-0.3, -0.25) is 48.1 Å². The summed E-state index contributed by atoms with van der Waals surface area (Å²) in [6.07, 6.45) is -0.640. The number of benzene rings is 1. The lowest BCUT2D eigenvalue weighted by atomic mass is 10.00. The van der Waals surface area contributed by atoms with E-state index in [1.54, 1.807) is 51.1 Å². The molecule has 0 aliphatic heterocycles. The van der Waals surface area contributed by atoms with Gasteiger partial charge >= 0.3 is 5.97 Å². The Bertz CT molecular complexity index is 1790. The molecule has 21 nitrogen and oxygen atoms in total. The minimum atomic E-state index is -1.54. The highest BCUT2D eigenvalue weighted by molar-refractivity contribution is 5.96. The van der Waals surface area contributed by atoms with Gasteiger partial charge in [0.05, 0.1) is 26.1 Å². The molecular formula is C34H48N10O11. The smallest absolute Gasteiger partial charge is 0.305 e. The van der Waals surface area contributed by atoms with Crippen LogP contribution in [0.25, 0.3) is 0 Å². The Labute approximate surface area is 315 Å². The molecule has 0 aliphatic carbocycles. The van der Waals surface area contributed by atoms with Crippen molar-refractivity contribution in [1.29, 1.82) is 0 Å². The molecule has 6 amide bonds. The molecule has 0 saturated carbocycles. The number of carboxylic acid groups (broad SMARTS) is 1. The van der Waals surface area contributed by atoms with E-state index >= 15 is 0 Å². The van der Waals surface area contributed by atoms with E-state index in [-0.39, 0.29) is 49.8 Å². The van der Waals surface area contributed by atoms with Crippen LogP contribution in [0.2, 0.25) is 0 Å². The molecule has 2 rings (SSSR count). The number of nitrogens with one attached hydrogen (secondary N) is 6. The lowest BCUT2D eigenvalue weighted by Crippen LogP contribution is -2.59. The molecule has 0 spiro atoms. The summed E-state index contributed by atoms with van der Waals surface area (Å²) in [5, 5.41) is 23.7. The molecule has 55 heavy (non-hydrogen) atoms. The van der Waals surface area contributed by atoms with Gasteiger partial charge in [-0.25, -0.2) is 0 Å². The maximum atomic E-state index is 13.7. The number of ether oxygens (including phenoxy) is 1. The van der Waals surface area contributed by atoms with Crippen LogP contribution in [0.1, 0.15) is 45.6 Å². The van der Waals surface area contributed by atoms with Crippen molar-refractivity contribution in [2.45, 2.75) is 70.6 Å². The molecule has 0 aliphatic rings. The number of nitrogens with two attached hydrogens (primary N) is 3. The number of carboxylic acids is 1. The van der Waals surface area contributed by atoms with Gasteiger partial charge in [0.2, 0.25) is 35.4 Å². The van der Waals surface area contributed by atoms with Crippen LogP contribution >= 0.6 is 0 Å². The molecule has 0 bridgehead atoms. The number of guanidine groups is 1. The lowest BCUT2D eigenvalue weighted by molar-refractivity contribution is -0.140. The normalized spacial score (nSPS) is 12.9. The van der Waals surface area contributed by atoms with Crippen LogP contribution in [0.5, 0.6) is 5.75 Å². The standard InChI is InChI=1S/C34H48N10O11/c1-4-55-29-26(27(49)28(29)50)39-15-22(45)42-21(13-18-9-6-5-7-10-18)32(53)44-25(17(2)3)33(54)43-19(11-8-12-38-34(36)37)31(52)40-16-23(46)41-20(30(35)51)14-24(47)48/h5-7,9-10,17,19-21,25,39H,4,8,11-16H2,1-3H3,(H2,35,51)(H,40,52)(H,41,46)(H,42,45)(H,43,54)(H,44,53)(H,47,48)(H4,36,37,38)/t19-,20-,21?,25?/m0/s1. The SMILES string of the molecule is CCOc1c(NCC(=O)NC(Cc2ccccc2)C(=O)NC(C(=O)N[C@@H](CCCN=C(N)N)C(=O)NCC(=O)N[C@@H](CC(=O)O)C(N)=O)C(C)C)c(=O)c1=O. The predicted molar refractivity (Wildman–Crippen MR) is 198 cm³/mol. The van der Waals surface area contributed by atoms with Gasteiger partial charge < -0.3 is 58.9 Å². The highest BCUT2D eigenvalue weighted by Gasteiger charge is 2.32. The Morgan fingerprint density at radius 3 is 2.02 bits per heavy atom. The van der Waals surface area contributed by atoms with E-state index in [0.29, 0.717) is 5.56 Å². The van der Waals surface area contributed by atoms with Gasteiger partial charge in [-0.2, -0.15) is 0 Å². The minimum absolute atomic E-state index is 0.00385. The van der Waals surface area contributed by atoms with E-state index in [1.165, 1.54) is 0 Å². The zero-order chi connectivity index (χ0) is 41.2. The fourth-order valence-electron chi connectivity index (χ4n) is 5.04. The van der Waals surface area contributed by atoms with E-state index in [1.807, 2.05) is 0 Å². The third-order valence-corrected chi connectivity index (χ3v) is 7.82. The van der Waals surface area contributed by atoms with Gasteiger partial charge in [0.1, 0.15) is 29.9 Å². The summed E-state index contributed by atoms with van der Waals surface area (Å²) in [5.74, 6) is -7.50. The van der Waals surface area contributed by atoms with E-state index in [2.05, 4.69) is 36.9 Å². The lowest BCUT2D eigenvalue weighted by Gasteiger charge is -2.27. The number of primary amides is 1. The van der Waals surface area contributed by atoms with E-state index in [9.17, 15) is 43.2 Å². The number of aliphatic carboxylic acids is 1. The average molecular weight is 773 g/mol. The molecule has 2 aromatic carbocycles. The number of rotatable bonds is 24. The van der Waals surface area contributed by atoms with Crippen molar-refractivity contribution in [3.8, 4) is 5.75 Å². The Hall–Kier alpha value is -6.54. The molecule has 0 heterocycles. The number of carbonyl (C=O) groups excluding carboxylic acids is 6. The number of carbonyl (C=O) groups is 7. The van der Waals surface area contributed by atoms with Crippen molar-refractivity contribution < 1.29 is 43.4 Å². The Morgan fingerprint density at radius 2 is 1.44 bits per heavy atom. The highest BCUT2D eigenvalue weighted by Crippen LogP contribution is 2.16. The van der Waals surface area contributed by atoms with Crippen molar-refractivity contribution in [3.63, 3.8) is 0 Å². The van der Waals surface area contributed by atoms with Gasteiger partial charge in [0.25, 0.3) is 10.9 Å². The van der Waals surface area contributed by atoms with Crippen LogP contribution in [0.15, 0.2) is 44.9 Å². The first-order valence-corrected chi connectivity index (χ1v) is 17.2. The summed E-state index contributed by atoms with van der Waals surface area (Å²) < 4.78 is 5.15. The molecular weight excluding hydrogens is 724 g/mol. The molecule has 0 radical (unpaired) electrons. The molecule has 4 atom stereocenters. The van der Waals surface area contributed by atoms with Crippen molar-refractivity contribution in [3.05, 3.63) is 56.3 Å². The second kappa shape index (κ2) is 21.9. The van der Waals surface area contributed by atoms with Crippen molar-refractivity contribution in [1.82, 2.24) is 26.6 Å².